The van der Waals surface area contributed by atoms with Crippen molar-refractivity contribution in [1.29, 1.82) is 0 Å². The Morgan fingerprint density at radius 3 is 2.43 bits per heavy atom. The van der Waals surface area contributed by atoms with Crippen molar-refractivity contribution in [3.8, 4) is 5.69 Å². The average molecular weight is 397 g/mol. The van der Waals surface area contributed by atoms with Crippen LogP contribution in [-0.4, -0.2) is 51.5 Å². The lowest BCUT2D eigenvalue weighted by molar-refractivity contribution is 0.0746. The van der Waals surface area contributed by atoms with Crippen LogP contribution >= 0.6 is 0 Å². The summed E-state index contributed by atoms with van der Waals surface area (Å²) in [6.07, 6.45) is 1.77. The van der Waals surface area contributed by atoms with Crippen molar-refractivity contribution in [1.82, 2.24) is 19.4 Å². The van der Waals surface area contributed by atoms with E-state index in [-0.39, 0.29) is 5.91 Å². The second-order valence-electron chi connectivity index (χ2n) is 7.51. The van der Waals surface area contributed by atoms with Crippen LogP contribution in [0.3, 0.4) is 0 Å². The monoisotopic (exact) mass is 397 g/mol. The molecule has 0 unspecified atom stereocenters. The first-order chi connectivity index (χ1) is 14.7. The van der Waals surface area contributed by atoms with E-state index >= 15 is 0 Å². The molecule has 0 radical (unpaired) electrons. The number of hydrogen-bond acceptors (Lipinski definition) is 4. The molecule has 0 aliphatic carbocycles. The molecule has 0 atom stereocenters. The second-order valence-corrected chi connectivity index (χ2v) is 7.51. The number of anilines is 1. The molecule has 4 aromatic rings. The molecule has 5 rings (SSSR count). The number of carbonyl (C=O) groups is 1. The molecule has 1 fully saturated rings. The molecule has 0 N–H and O–H groups in total. The number of benzene rings is 2. The Kier molecular flexibility index (Phi) is 4.67. The minimum atomic E-state index is 0.0691. The van der Waals surface area contributed by atoms with Crippen LogP contribution in [0.1, 0.15) is 16.2 Å². The van der Waals surface area contributed by atoms with Crippen molar-refractivity contribution in [2.45, 2.75) is 6.92 Å². The quantitative estimate of drug-likeness (QED) is 0.529. The number of fused-ring (bicyclic) bond motifs is 1. The number of rotatable bonds is 3. The standard InChI is InChI=1S/C24H23N5O/c1-18-26-22-11-6-12-25-23(22)29(18)21-10-5-7-19(17-21)24(30)28-15-13-27(14-16-28)20-8-3-2-4-9-20/h2-12,17H,13-16H2,1H3. The molecular weight excluding hydrogens is 374 g/mol. The molecule has 2 aromatic carbocycles. The molecule has 3 heterocycles. The van der Waals surface area contributed by atoms with Gasteiger partial charge in [-0.2, -0.15) is 0 Å². The van der Waals surface area contributed by atoms with Gasteiger partial charge in [0.05, 0.1) is 0 Å². The lowest BCUT2D eigenvalue weighted by Crippen LogP contribution is -2.48. The zero-order valence-corrected chi connectivity index (χ0v) is 16.9. The van der Waals surface area contributed by atoms with Crippen molar-refractivity contribution < 1.29 is 4.79 Å². The average Bonchev–Trinajstić information content (AvgIpc) is 3.15. The van der Waals surface area contributed by atoms with Crippen LogP contribution < -0.4 is 4.90 Å². The molecule has 6 nitrogen and oxygen atoms in total. The highest BCUT2D eigenvalue weighted by Gasteiger charge is 2.23. The number of imidazole rings is 1. The number of aryl methyl sites for hydroxylation is 1. The predicted octanol–water partition coefficient (Wildman–Crippen LogP) is 3.69. The summed E-state index contributed by atoms with van der Waals surface area (Å²) in [5.74, 6) is 0.921. The summed E-state index contributed by atoms with van der Waals surface area (Å²) in [7, 11) is 0. The van der Waals surface area contributed by atoms with E-state index in [9.17, 15) is 4.79 Å². The van der Waals surface area contributed by atoms with Gasteiger partial charge in [-0.05, 0) is 49.4 Å². The van der Waals surface area contributed by atoms with Gasteiger partial charge in [-0.3, -0.25) is 9.36 Å². The Bertz CT molecular complexity index is 1190. The van der Waals surface area contributed by atoms with E-state index in [2.05, 4.69) is 39.1 Å². The maximum Gasteiger partial charge on any atom is 0.254 e. The van der Waals surface area contributed by atoms with Gasteiger partial charge in [-0.1, -0.05) is 24.3 Å². The molecule has 1 amide bonds. The van der Waals surface area contributed by atoms with E-state index in [1.54, 1.807) is 6.20 Å². The van der Waals surface area contributed by atoms with Crippen LogP contribution in [0.5, 0.6) is 0 Å². The molecule has 0 saturated carbocycles. The normalized spacial score (nSPS) is 14.3. The number of amides is 1. The molecule has 6 heteroatoms. The third kappa shape index (κ3) is 3.30. The van der Waals surface area contributed by atoms with E-state index in [4.69, 9.17) is 0 Å². The van der Waals surface area contributed by atoms with Gasteiger partial charge in [0.2, 0.25) is 0 Å². The van der Waals surface area contributed by atoms with Gasteiger partial charge in [-0.15, -0.1) is 0 Å². The summed E-state index contributed by atoms with van der Waals surface area (Å²) in [5.41, 5.74) is 4.46. The van der Waals surface area contributed by atoms with E-state index < -0.39 is 0 Å². The lowest BCUT2D eigenvalue weighted by Gasteiger charge is -2.36. The fourth-order valence-corrected chi connectivity index (χ4v) is 4.10. The minimum Gasteiger partial charge on any atom is -0.368 e. The van der Waals surface area contributed by atoms with Crippen LogP contribution in [0.4, 0.5) is 5.69 Å². The minimum absolute atomic E-state index is 0.0691. The molecule has 0 spiro atoms. The largest absolute Gasteiger partial charge is 0.368 e. The molecule has 0 bridgehead atoms. The van der Waals surface area contributed by atoms with Crippen molar-refractivity contribution in [3.63, 3.8) is 0 Å². The third-order valence-corrected chi connectivity index (χ3v) is 5.62. The summed E-state index contributed by atoms with van der Waals surface area (Å²) >= 11 is 0. The van der Waals surface area contributed by atoms with E-state index in [1.165, 1.54) is 5.69 Å². The van der Waals surface area contributed by atoms with Gasteiger partial charge in [0, 0.05) is 49.3 Å². The fraction of sp³-hybridized carbons (Fsp3) is 0.208. The number of hydrogen-bond donors (Lipinski definition) is 0. The number of carbonyl (C=O) groups excluding carboxylic acids is 1. The van der Waals surface area contributed by atoms with Gasteiger partial charge in [0.15, 0.2) is 5.65 Å². The van der Waals surface area contributed by atoms with Crippen molar-refractivity contribution in [2.24, 2.45) is 0 Å². The van der Waals surface area contributed by atoms with E-state index in [1.807, 2.05) is 58.9 Å². The highest BCUT2D eigenvalue weighted by Crippen LogP contribution is 2.22. The Balaban J connectivity index is 1.37. The fourth-order valence-electron chi connectivity index (χ4n) is 4.10. The van der Waals surface area contributed by atoms with Gasteiger partial charge in [0.1, 0.15) is 11.3 Å². The van der Waals surface area contributed by atoms with E-state index in [0.717, 1.165) is 35.8 Å². The van der Waals surface area contributed by atoms with Gasteiger partial charge in [-0.25, -0.2) is 9.97 Å². The number of piperazine rings is 1. The zero-order chi connectivity index (χ0) is 20.5. The number of nitrogens with zero attached hydrogens (tertiary/aromatic N) is 5. The van der Waals surface area contributed by atoms with E-state index in [0.29, 0.717) is 18.7 Å². The second kappa shape index (κ2) is 7.63. The Hall–Kier alpha value is -3.67. The predicted molar refractivity (Wildman–Crippen MR) is 118 cm³/mol. The number of para-hydroxylation sites is 1. The SMILES string of the molecule is Cc1nc2cccnc2n1-c1cccc(C(=O)N2CCN(c3ccccc3)CC2)c1. The highest BCUT2D eigenvalue weighted by atomic mass is 16.2. The van der Waals surface area contributed by atoms with Crippen molar-refractivity contribution in [2.75, 3.05) is 31.1 Å². The smallest absolute Gasteiger partial charge is 0.254 e. The van der Waals surface area contributed by atoms with Gasteiger partial charge >= 0.3 is 0 Å². The van der Waals surface area contributed by atoms with Crippen LogP contribution in [0, 0.1) is 6.92 Å². The van der Waals surface area contributed by atoms with Crippen LogP contribution in [-0.2, 0) is 0 Å². The summed E-state index contributed by atoms with van der Waals surface area (Å²) in [4.78, 5) is 26.5. The molecule has 2 aromatic heterocycles. The molecule has 30 heavy (non-hydrogen) atoms. The first kappa shape index (κ1) is 18.4. The topological polar surface area (TPSA) is 54.3 Å². The van der Waals surface area contributed by atoms with Crippen molar-refractivity contribution >= 4 is 22.8 Å². The van der Waals surface area contributed by atoms with Crippen LogP contribution in [0.2, 0.25) is 0 Å². The number of aromatic nitrogens is 3. The van der Waals surface area contributed by atoms with Crippen LogP contribution in [0.25, 0.3) is 16.9 Å². The highest BCUT2D eigenvalue weighted by molar-refractivity contribution is 5.95. The molecular formula is C24H23N5O. The Labute approximate surface area is 175 Å². The zero-order valence-electron chi connectivity index (χ0n) is 16.9. The first-order valence-corrected chi connectivity index (χ1v) is 10.2. The summed E-state index contributed by atoms with van der Waals surface area (Å²) < 4.78 is 2.00. The molecule has 150 valence electrons. The van der Waals surface area contributed by atoms with Gasteiger partial charge in [0.25, 0.3) is 5.91 Å². The summed E-state index contributed by atoms with van der Waals surface area (Å²) in [6.45, 7) is 5.06. The number of pyridine rings is 1. The molecule has 1 aliphatic heterocycles. The molecule has 1 aliphatic rings. The summed E-state index contributed by atoms with van der Waals surface area (Å²) in [5, 5.41) is 0. The maximum absolute atomic E-state index is 13.2. The maximum atomic E-state index is 13.2. The van der Waals surface area contributed by atoms with Crippen molar-refractivity contribution in [3.05, 3.63) is 84.3 Å². The third-order valence-electron chi connectivity index (χ3n) is 5.62. The summed E-state index contributed by atoms with van der Waals surface area (Å²) in [6, 6.07) is 21.9. The van der Waals surface area contributed by atoms with Crippen LogP contribution in [0.15, 0.2) is 72.9 Å². The Morgan fingerprint density at radius 1 is 0.867 bits per heavy atom. The first-order valence-electron chi connectivity index (χ1n) is 10.2. The Morgan fingerprint density at radius 2 is 1.63 bits per heavy atom. The lowest BCUT2D eigenvalue weighted by atomic mass is 10.1. The molecule has 1 saturated heterocycles. The van der Waals surface area contributed by atoms with Gasteiger partial charge < -0.3 is 9.80 Å².